The Bertz CT molecular complexity index is 378. The Morgan fingerprint density at radius 2 is 2.00 bits per heavy atom. The lowest BCUT2D eigenvalue weighted by Gasteiger charge is -2.37. The molecule has 0 amide bonds. The fourth-order valence-electron chi connectivity index (χ4n) is 3.62. The molecule has 2 bridgehead atoms. The van der Waals surface area contributed by atoms with Crippen molar-refractivity contribution in [1.29, 1.82) is 0 Å². The second-order valence-corrected chi connectivity index (χ2v) is 5.86. The molecular formula is C15H23N3. The molecule has 0 radical (unpaired) electrons. The first-order valence-corrected chi connectivity index (χ1v) is 7.13. The quantitative estimate of drug-likeness (QED) is 0.886. The lowest BCUT2D eigenvalue weighted by Crippen LogP contribution is -2.47. The lowest BCUT2D eigenvalue weighted by molar-refractivity contribution is 0.144. The van der Waals surface area contributed by atoms with Gasteiger partial charge in [0.15, 0.2) is 0 Å². The minimum atomic E-state index is 0.360. The van der Waals surface area contributed by atoms with E-state index in [1.165, 1.54) is 25.7 Å². The van der Waals surface area contributed by atoms with Gasteiger partial charge >= 0.3 is 0 Å². The van der Waals surface area contributed by atoms with Crippen molar-refractivity contribution in [3.63, 3.8) is 0 Å². The van der Waals surface area contributed by atoms with E-state index in [0.717, 1.165) is 17.8 Å². The van der Waals surface area contributed by atoms with Gasteiger partial charge in [-0.3, -0.25) is 4.98 Å². The Morgan fingerprint density at radius 1 is 1.28 bits per heavy atom. The van der Waals surface area contributed by atoms with Crippen LogP contribution in [-0.2, 0) is 0 Å². The molecule has 0 aliphatic carbocycles. The maximum absolute atomic E-state index is 4.44. The van der Waals surface area contributed by atoms with Crippen LogP contribution < -0.4 is 5.32 Å². The van der Waals surface area contributed by atoms with Crippen LogP contribution in [0, 0.1) is 0 Å². The molecule has 2 aliphatic heterocycles. The average molecular weight is 245 g/mol. The van der Waals surface area contributed by atoms with Crippen LogP contribution in [0.3, 0.4) is 0 Å². The lowest BCUT2D eigenvalue weighted by atomic mass is 9.97. The van der Waals surface area contributed by atoms with Crippen LogP contribution in [0.1, 0.15) is 44.3 Å². The monoisotopic (exact) mass is 245 g/mol. The number of hydrogen-bond acceptors (Lipinski definition) is 3. The molecule has 2 unspecified atom stereocenters. The molecule has 2 fully saturated rings. The number of rotatable bonds is 3. The summed E-state index contributed by atoms with van der Waals surface area (Å²) in [6.07, 6.45) is 7.24. The highest BCUT2D eigenvalue weighted by molar-refractivity contribution is 5.08. The predicted octanol–water partition coefficient (Wildman–Crippen LogP) is 2.36. The van der Waals surface area contributed by atoms with Gasteiger partial charge < -0.3 is 10.2 Å². The molecule has 98 valence electrons. The average Bonchev–Trinajstić information content (AvgIpc) is 2.63. The molecule has 1 N–H and O–H groups in total. The molecule has 0 spiro atoms. The van der Waals surface area contributed by atoms with E-state index in [2.05, 4.69) is 41.3 Å². The SMILES string of the molecule is C[C@H](NC1CC2CCC(C1)N2C)c1ccccn1. The molecule has 2 aliphatic rings. The Morgan fingerprint density at radius 3 is 2.61 bits per heavy atom. The molecule has 1 aromatic rings. The van der Waals surface area contributed by atoms with E-state index in [1.807, 2.05) is 12.3 Å². The van der Waals surface area contributed by atoms with Crippen molar-refractivity contribution in [3.8, 4) is 0 Å². The number of hydrogen-bond donors (Lipinski definition) is 1. The highest BCUT2D eigenvalue weighted by Gasteiger charge is 2.38. The smallest absolute Gasteiger partial charge is 0.0570 e. The molecule has 3 heterocycles. The third-order valence-electron chi connectivity index (χ3n) is 4.72. The van der Waals surface area contributed by atoms with E-state index in [9.17, 15) is 0 Å². The standard InChI is InChI=1S/C15H23N3/c1-11(15-5-3-4-8-16-15)17-12-9-13-6-7-14(10-12)18(13)2/h3-5,8,11-14,17H,6-7,9-10H2,1-2H3/t11-,12?,13?,14?/m0/s1. The Kier molecular flexibility index (Phi) is 3.35. The Labute approximate surface area is 110 Å². The number of aromatic nitrogens is 1. The summed E-state index contributed by atoms with van der Waals surface area (Å²) in [4.78, 5) is 7.03. The van der Waals surface area contributed by atoms with E-state index in [4.69, 9.17) is 0 Å². The van der Waals surface area contributed by atoms with Gasteiger partial charge in [0.25, 0.3) is 0 Å². The van der Waals surface area contributed by atoms with E-state index in [0.29, 0.717) is 12.1 Å². The molecule has 3 atom stereocenters. The summed E-state index contributed by atoms with van der Waals surface area (Å²) in [5, 5.41) is 3.77. The fourth-order valence-corrected chi connectivity index (χ4v) is 3.62. The molecular weight excluding hydrogens is 222 g/mol. The number of fused-ring (bicyclic) bond motifs is 2. The second-order valence-electron chi connectivity index (χ2n) is 5.86. The van der Waals surface area contributed by atoms with Crippen molar-refractivity contribution in [2.24, 2.45) is 0 Å². The zero-order valence-corrected chi connectivity index (χ0v) is 11.3. The van der Waals surface area contributed by atoms with E-state index >= 15 is 0 Å². The van der Waals surface area contributed by atoms with Gasteiger partial charge in [-0.1, -0.05) is 6.07 Å². The summed E-state index contributed by atoms with van der Waals surface area (Å²) >= 11 is 0. The van der Waals surface area contributed by atoms with Gasteiger partial charge in [0, 0.05) is 30.4 Å². The van der Waals surface area contributed by atoms with Crippen molar-refractivity contribution >= 4 is 0 Å². The van der Waals surface area contributed by atoms with E-state index in [1.54, 1.807) is 0 Å². The minimum Gasteiger partial charge on any atom is -0.306 e. The summed E-state index contributed by atoms with van der Waals surface area (Å²) in [5.74, 6) is 0. The highest BCUT2D eigenvalue weighted by atomic mass is 15.2. The molecule has 0 aromatic carbocycles. The first-order valence-electron chi connectivity index (χ1n) is 7.13. The topological polar surface area (TPSA) is 28.2 Å². The highest BCUT2D eigenvalue weighted by Crippen LogP contribution is 2.34. The van der Waals surface area contributed by atoms with Crippen molar-refractivity contribution in [2.75, 3.05) is 7.05 Å². The first kappa shape index (κ1) is 12.1. The molecule has 3 rings (SSSR count). The minimum absolute atomic E-state index is 0.360. The third-order valence-corrected chi connectivity index (χ3v) is 4.72. The first-order chi connectivity index (χ1) is 8.74. The summed E-state index contributed by atoms with van der Waals surface area (Å²) in [7, 11) is 2.29. The van der Waals surface area contributed by atoms with Crippen LogP contribution >= 0.6 is 0 Å². The number of nitrogens with zero attached hydrogens (tertiary/aromatic N) is 2. The summed E-state index contributed by atoms with van der Waals surface area (Å²) in [6.45, 7) is 2.22. The van der Waals surface area contributed by atoms with Gasteiger partial charge in [-0.15, -0.1) is 0 Å². The summed E-state index contributed by atoms with van der Waals surface area (Å²) < 4.78 is 0. The summed E-state index contributed by atoms with van der Waals surface area (Å²) in [5.41, 5.74) is 1.16. The fraction of sp³-hybridized carbons (Fsp3) is 0.667. The van der Waals surface area contributed by atoms with E-state index < -0.39 is 0 Å². The third kappa shape index (κ3) is 2.29. The van der Waals surface area contributed by atoms with Gasteiger partial charge in [-0.05, 0) is 51.8 Å². The van der Waals surface area contributed by atoms with Crippen LogP contribution in [0.2, 0.25) is 0 Å². The van der Waals surface area contributed by atoms with Crippen molar-refractivity contribution in [2.45, 2.75) is 56.8 Å². The van der Waals surface area contributed by atoms with Crippen molar-refractivity contribution in [1.82, 2.24) is 15.2 Å². The van der Waals surface area contributed by atoms with Gasteiger partial charge in [-0.2, -0.15) is 0 Å². The van der Waals surface area contributed by atoms with Gasteiger partial charge in [0.2, 0.25) is 0 Å². The van der Waals surface area contributed by atoms with Gasteiger partial charge in [-0.25, -0.2) is 0 Å². The number of nitrogens with one attached hydrogen (secondary N) is 1. The second kappa shape index (κ2) is 4.98. The van der Waals surface area contributed by atoms with Crippen LogP contribution in [0.5, 0.6) is 0 Å². The molecule has 3 heteroatoms. The maximum Gasteiger partial charge on any atom is 0.0570 e. The number of pyridine rings is 1. The van der Waals surface area contributed by atoms with Crippen LogP contribution in [0.4, 0.5) is 0 Å². The van der Waals surface area contributed by atoms with Crippen LogP contribution in [0.25, 0.3) is 0 Å². The molecule has 3 nitrogen and oxygen atoms in total. The normalized spacial score (nSPS) is 33.6. The van der Waals surface area contributed by atoms with Crippen LogP contribution in [-0.4, -0.2) is 35.1 Å². The van der Waals surface area contributed by atoms with Crippen LogP contribution in [0.15, 0.2) is 24.4 Å². The Balaban J connectivity index is 1.61. The zero-order chi connectivity index (χ0) is 12.5. The summed E-state index contributed by atoms with van der Waals surface area (Å²) in [6, 6.07) is 8.79. The van der Waals surface area contributed by atoms with Gasteiger partial charge in [0.05, 0.1) is 5.69 Å². The predicted molar refractivity (Wildman–Crippen MR) is 73.4 cm³/mol. The van der Waals surface area contributed by atoms with E-state index in [-0.39, 0.29) is 0 Å². The van der Waals surface area contributed by atoms with Crippen molar-refractivity contribution < 1.29 is 0 Å². The van der Waals surface area contributed by atoms with Crippen molar-refractivity contribution in [3.05, 3.63) is 30.1 Å². The molecule has 2 saturated heterocycles. The zero-order valence-electron chi connectivity index (χ0n) is 11.3. The van der Waals surface area contributed by atoms with Gasteiger partial charge in [0.1, 0.15) is 0 Å². The largest absolute Gasteiger partial charge is 0.306 e. The Hall–Kier alpha value is -0.930. The maximum atomic E-state index is 4.44. The number of piperidine rings is 1. The molecule has 18 heavy (non-hydrogen) atoms. The molecule has 0 saturated carbocycles. The molecule has 1 aromatic heterocycles.